The van der Waals surface area contributed by atoms with Crippen molar-refractivity contribution in [3.8, 4) is 11.5 Å². The summed E-state index contributed by atoms with van der Waals surface area (Å²) in [7, 11) is 1.58. The summed E-state index contributed by atoms with van der Waals surface area (Å²) in [6.07, 6.45) is 0.0120. The molecule has 2 rings (SSSR count). The first-order valence-electron chi connectivity index (χ1n) is 8.97. The topological polar surface area (TPSA) is 115 Å². The van der Waals surface area contributed by atoms with Gasteiger partial charge >= 0.3 is 0 Å². The molecule has 27 heavy (non-hydrogen) atoms. The van der Waals surface area contributed by atoms with Crippen LogP contribution in [0.25, 0.3) is 0 Å². The van der Waals surface area contributed by atoms with Crippen molar-refractivity contribution in [3.05, 3.63) is 23.8 Å². The van der Waals surface area contributed by atoms with Crippen molar-refractivity contribution >= 4 is 11.8 Å². The molecule has 1 aliphatic rings. The summed E-state index contributed by atoms with van der Waals surface area (Å²) in [5.74, 6) is 5.85. The number of amides is 2. The molecule has 9 heteroatoms. The van der Waals surface area contributed by atoms with Crippen molar-refractivity contribution in [2.45, 2.75) is 25.9 Å². The molecule has 1 aromatic rings. The van der Waals surface area contributed by atoms with E-state index in [4.69, 9.17) is 20.1 Å². The van der Waals surface area contributed by atoms with E-state index in [9.17, 15) is 9.59 Å². The second kappa shape index (κ2) is 10.7. The number of ether oxygens (including phenoxy) is 3. The predicted octanol–water partition coefficient (Wildman–Crippen LogP) is -0.209. The fourth-order valence-corrected chi connectivity index (χ4v) is 2.93. The maximum Gasteiger partial charge on any atom is 0.237 e. The Balaban J connectivity index is 2.05. The smallest absolute Gasteiger partial charge is 0.237 e. The molecule has 2 amide bonds. The van der Waals surface area contributed by atoms with Gasteiger partial charge in [-0.15, -0.1) is 0 Å². The summed E-state index contributed by atoms with van der Waals surface area (Å²) in [6.45, 7) is 5.21. The highest BCUT2D eigenvalue weighted by atomic mass is 16.5. The van der Waals surface area contributed by atoms with Crippen LogP contribution in [0.2, 0.25) is 0 Å². The summed E-state index contributed by atoms with van der Waals surface area (Å²) in [5.41, 5.74) is 3.03. The molecule has 0 bridgehead atoms. The van der Waals surface area contributed by atoms with Gasteiger partial charge in [-0.25, -0.2) is 5.84 Å². The molecule has 1 atom stereocenters. The van der Waals surface area contributed by atoms with Gasteiger partial charge in [-0.3, -0.25) is 19.9 Å². The molecule has 1 aliphatic heterocycles. The molecule has 9 nitrogen and oxygen atoms in total. The first-order chi connectivity index (χ1) is 13.1. The van der Waals surface area contributed by atoms with Crippen LogP contribution in [-0.4, -0.2) is 62.8 Å². The molecular weight excluding hydrogens is 352 g/mol. The minimum Gasteiger partial charge on any atom is -0.493 e. The zero-order valence-electron chi connectivity index (χ0n) is 15.8. The van der Waals surface area contributed by atoms with E-state index in [1.54, 1.807) is 7.11 Å². The number of nitrogens with zero attached hydrogens (tertiary/aromatic N) is 1. The van der Waals surface area contributed by atoms with Crippen LogP contribution in [0.3, 0.4) is 0 Å². The van der Waals surface area contributed by atoms with Gasteiger partial charge in [0.2, 0.25) is 11.8 Å². The van der Waals surface area contributed by atoms with Gasteiger partial charge in [0.15, 0.2) is 11.5 Å². The average molecular weight is 380 g/mol. The van der Waals surface area contributed by atoms with Crippen LogP contribution in [0.4, 0.5) is 0 Å². The number of nitrogens with one attached hydrogen (secondary N) is 2. The third-order valence-corrected chi connectivity index (χ3v) is 4.28. The monoisotopic (exact) mass is 380 g/mol. The van der Waals surface area contributed by atoms with E-state index in [1.807, 2.05) is 30.0 Å². The van der Waals surface area contributed by atoms with E-state index in [-0.39, 0.29) is 18.2 Å². The quantitative estimate of drug-likeness (QED) is 0.223. The Morgan fingerprint density at radius 2 is 2.19 bits per heavy atom. The number of benzene rings is 1. The summed E-state index contributed by atoms with van der Waals surface area (Å²) < 4.78 is 16.4. The van der Waals surface area contributed by atoms with E-state index in [0.29, 0.717) is 51.0 Å². The van der Waals surface area contributed by atoms with Gasteiger partial charge < -0.3 is 19.5 Å². The number of piperazine rings is 1. The zero-order chi connectivity index (χ0) is 19.6. The van der Waals surface area contributed by atoms with Gasteiger partial charge in [0, 0.05) is 26.2 Å². The van der Waals surface area contributed by atoms with Crippen molar-refractivity contribution in [1.82, 2.24) is 15.6 Å². The molecule has 0 aliphatic carbocycles. The lowest BCUT2D eigenvalue weighted by molar-refractivity contribution is -0.134. The molecule has 150 valence electrons. The minimum absolute atomic E-state index is 0.0120. The van der Waals surface area contributed by atoms with E-state index in [1.165, 1.54) is 0 Å². The third kappa shape index (κ3) is 6.09. The Morgan fingerprint density at radius 1 is 1.37 bits per heavy atom. The maximum atomic E-state index is 12.2. The first kappa shape index (κ1) is 20.9. The summed E-state index contributed by atoms with van der Waals surface area (Å²) in [6, 6.07) is 5.08. The van der Waals surface area contributed by atoms with Crippen LogP contribution in [-0.2, 0) is 20.9 Å². The predicted molar refractivity (Wildman–Crippen MR) is 99.1 cm³/mol. The second-order valence-electron chi connectivity index (χ2n) is 6.08. The minimum atomic E-state index is -0.560. The molecule has 0 spiro atoms. The van der Waals surface area contributed by atoms with Crippen LogP contribution < -0.4 is 26.1 Å². The summed E-state index contributed by atoms with van der Waals surface area (Å²) >= 11 is 0. The van der Waals surface area contributed by atoms with Crippen molar-refractivity contribution in [2.75, 3.05) is 40.0 Å². The number of methoxy groups -OCH3 is 1. The fraction of sp³-hybridized carbons (Fsp3) is 0.556. The number of rotatable bonds is 10. The van der Waals surface area contributed by atoms with Gasteiger partial charge in [0.05, 0.1) is 26.2 Å². The van der Waals surface area contributed by atoms with Crippen molar-refractivity contribution in [3.63, 3.8) is 0 Å². The Labute approximate surface area is 159 Å². The molecule has 1 fully saturated rings. The van der Waals surface area contributed by atoms with Crippen molar-refractivity contribution in [2.24, 2.45) is 5.84 Å². The lowest BCUT2D eigenvalue weighted by Crippen LogP contribution is -2.56. The van der Waals surface area contributed by atoms with Gasteiger partial charge in [-0.2, -0.15) is 0 Å². The number of hydrogen-bond acceptors (Lipinski definition) is 7. The van der Waals surface area contributed by atoms with Crippen LogP contribution in [0, 0.1) is 0 Å². The second-order valence-corrected chi connectivity index (χ2v) is 6.08. The molecule has 0 radical (unpaired) electrons. The van der Waals surface area contributed by atoms with Crippen LogP contribution in [0.15, 0.2) is 18.2 Å². The van der Waals surface area contributed by atoms with E-state index >= 15 is 0 Å². The molecule has 1 saturated heterocycles. The maximum absolute atomic E-state index is 12.2. The molecule has 4 N–H and O–H groups in total. The number of hydrazine groups is 1. The van der Waals surface area contributed by atoms with Crippen LogP contribution >= 0.6 is 0 Å². The normalized spacial score (nSPS) is 17.3. The zero-order valence-corrected chi connectivity index (χ0v) is 15.8. The standard InChI is InChI=1S/C18H28N4O5/c1-3-26-8-9-27-15-5-4-13(10-16(15)25-2)12-22-7-6-20-18(24)14(22)11-17(23)21-19/h4-5,10,14H,3,6-9,11-12,19H2,1-2H3,(H,20,24)(H,21,23). The average Bonchev–Trinajstić information content (AvgIpc) is 2.68. The largest absolute Gasteiger partial charge is 0.493 e. The highest BCUT2D eigenvalue weighted by Gasteiger charge is 2.31. The highest BCUT2D eigenvalue weighted by Crippen LogP contribution is 2.29. The molecule has 1 unspecified atom stereocenters. The Morgan fingerprint density at radius 3 is 2.89 bits per heavy atom. The number of carbonyl (C=O) groups excluding carboxylic acids is 2. The number of nitrogens with two attached hydrogens (primary N) is 1. The molecule has 1 aromatic carbocycles. The summed E-state index contributed by atoms with van der Waals surface area (Å²) in [4.78, 5) is 25.7. The molecular formula is C18H28N4O5. The summed E-state index contributed by atoms with van der Waals surface area (Å²) in [5, 5.41) is 2.78. The van der Waals surface area contributed by atoms with E-state index < -0.39 is 6.04 Å². The van der Waals surface area contributed by atoms with Crippen molar-refractivity contribution in [1.29, 1.82) is 0 Å². The first-order valence-corrected chi connectivity index (χ1v) is 8.97. The molecule has 0 aromatic heterocycles. The fourth-order valence-electron chi connectivity index (χ4n) is 2.93. The SMILES string of the molecule is CCOCCOc1ccc(CN2CCNC(=O)C2CC(=O)NN)cc1OC. The van der Waals surface area contributed by atoms with Gasteiger partial charge in [0.1, 0.15) is 6.61 Å². The van der Waals surface area contributed by atoms with Crippen molar-refractivity contribution < 1.29 is 23.8 Å². The molecule has 1 heterocycles. The lowest BCUT2D eigenvalue weighted by atomic mass is 10.1. The highest BCUT2D eigenvalue weighted by molar-refractivity contribution is 5.88. The Kier molecular flexibility index (Phi) is 8.31. The van der Waals surface area contributed by atoms with E-state index in [2.05, 4.69) is 10.7 Å². The third-order valence-electron chi connectivity index (χ3n) is 4.28. The van der Waals surface area contributed by atoms with Gasteiger partial charge in [0.25, 0.3) is 0 Å². The lowest BCUT2D eigenvalue weighted by Gasteiger charge is -2.34. The van der Waals surface area contributed by atoms with Gasteiger partial charge in [-0.1, -0.05) is 6.07 Å². The van der Waals surface area contributed by atoms with Gasteiger partial charge in [-0.05, 0) is 24.6 Å². The van der Waals surface area contributed by atoms with Crippen LogP contribution in [0.1, 0.15) is 18.9 Å². The Bertz CT molecular complexity index is 640. The number of hydrogen-bond donors (Lipinski definition) is 3. The molecule has 0 saturated carbocycles. The van der Waals surface area contributed by atoms with Crippen LogP contribution in [0.5, 0.6) is 11.5 Å². The Hall–Kier alpha value is -2.36. The van der Waals surface area contributed by atoms with E-state index in [0.717, 1.165) is 5.56 Å². The number of carbonyl (C=O) groups is 2.